The Bertz CT molecular complexity index is 629. The van der Waals surface area contributed by atoms with Crippen LogP contribution in [0, 0.1) is 6.92 Å². The van der Waals surface area contributed by atoms with Crippen molar-refractivity contribution in [3.63, 3.8) is 0 Å². The molecule has 0 saturated carbocycles. The third-order valence-electron chi connectivity index (χ3n) is 3.18. The first kappa shape index (κ1) is 14.0. The summed E-state index contributed by atoms with van der Waals surface area (Å²) in [6.45, 7) is 2.09. The molecule has 0 radical (unpaired) electrons. The number of nitrogens with zero attached hydrogens (tertiary/aromatic N) is 5. The summed E-state index contributed by atoms with van der Waals surface area (Å²) in [7, 11) is 0. The number of primary amides is 1. The Morgan fingerprint density at radius 3 is 2.81 bits per heavy atom. The zero-order valence-electron chi connectivity index (χ0n) is 11.3. The smallest absolute Gasteiger partial charge is 0.267 e. The molecule has 9 heteroatoms. The van der Waals surface area contributed by atoms with Crippen molar-refractivity contribution in [1.82, 2.24) is 15.0 Å². The Morgan fingerprint density at radius 2 is 2.19 bits per heavy atom. The third-order valence-corrected chi connectivity index (χ3v) is 4.49. The maximum atomic E-state index is 11.5. The molecule has 2 aliphatic heterocycles. The molecule has 110 valence electrons. The van der Waals surface area contributed by atoms with Crippen LogP contribution in [0.25, 0.3) is 0 Å². The van der Waals surface area contributed by atoms with Crippen LogP contribution < -0.4 is 5.73 Å². The number of amides is 1. The molecule has 0 aliphatic carbocycles. The van der Waals surface area contributed by atoms with E-state index in [1.807, 2.05) is 6.92 Å². The molecular weight excluding hydrogens is 292 g/mol. The van der Waals surface area contributed by atoms with Crippen molar-refractivity contribution < 1.29 is 9.90 Å². The van der Waals surface area contributed by atoms with Gasteiger partial charge in [0.2, 0.25) is 0 Å². The van der Waals surface area contributed by atoms with Gasteiger partial charge in [0.1, 0.15) is 22.3 Å². The molecule has 3 rings (SSSR count). The minimum absolute atomic E-state index is 0.0533. The van der Waals surface area contributed by atoms with Gasteiger partial charge in [-0.1, -0.05) is 11.8 Å². The minimum Gasteiger partial charge on any atom is -0.394 e. The molecule has 1 amide bonds. The number of aliphatic imine (C=N–C) groups is 1. The number of hydrazone groups is 1. The summed E-state index contributed by atoms with van der Waals surface area (Å²) in [6, 6.07) is -0.407. The van der Waals surface area contributed by atoms with Gasteiger partial charge in [0.25, 0.3) is 5.91 Å². The van der Waals surface area contributed by atoms with E-state index in [1.165, 1.54) is 11.8 Å². The molecule has 0 aromatic carbocycles. The monoisotopic (exact) mass is 306 g/mol. The fourth-order valence-electron chi connectivity index (χ4n) is 2.19. The number of hydrogen-bond donors (Lipinski definition) is 2. The molecule has 1 aromatic heterocycles. The number of thioether (sulfide) groups is 1. The lowest BCUT2D eigenvalue weighted by Crippen LogP contribution is -2.36. The molecule has 2 aliphatic rings. The number of β-amino-alcohol motifs (C(OH)–C–C–N with tert-alkyl or cyclic N) is 1. The largest absolute Gasteiger partial charge is 0.394 e. The number of carbonyl (C=O) groups excluding carboxylic acids is 1. The van der Waals surface area contributed by atoms with Gasteiger partial charge in [-0.2, -0.15) is 5.10 Å². The molecule has 0 spiro atoms. The lowest BCUT2D eigenvalue weighted by molar-refractivity contribution is -0.112. The van der Waals surface area contributed by atoms with Gasteiger partial charge >= 0.3 is 0 Å². The number of hydrogen-bond acceptors (Lipinski definition) is 8. The fraction of sp³-hybridized carbons (Fsp3) is 0.417. The maximum Gasteiger partial charge on any atom is 0.267 e. The van der Waals surface area contributed by atoms with Crippen molar-refractivity contribution in [2.75, 3.05) is 13.2 Å². The van der Waals surface area contributed by atoms with E-state index < -0.39 is 11.9 Å². The van der Waals surface area contributed by atoms with Gasteiger partial charge in [0, 0.05) is 18.0 Å². The molecule has 0 fully saturated rings. The number of aliphatic hydroxyl groups is 1. The summed E-state index contributed by atoms with van der Waals surface area (Å²) in [4.78, 5) is 24.3. The van der Waals surface area contributed by atoms with E-state index in [0.717, 1.165) is 10.6 Å². The average molecular weight is 306 g/mol. The van der Waals surface area contributed by atoms with Crippen LogP contribution in [-0.2, 0) is 4.79 Å². The number of aliphatic hydroxyl groups excluding tert-OH is 1. The predicted molar refractivity (Wildman–Crippen MR) is 78.9 cm³/mol. The molecule has 2 unspecified atom stereocenters. The Hall–Kier alpha value is -2.00. The number of nitrogens with two attached hydrogens (primary N) is 1. The summed E-state index contributed by atoms with van der Waals surface area (Å²) in [5.74, 6) is 0.0973. The van der Waals surface area contributed by atoms with E-state index >= 15 is 0 Å². The van der Waals surface area contributed by atoms with Gasteiger partial charge < -0.3 is 10.8 Å². The molecule has 21 heavy (non-hydrogen) atoms. The van der Waals surface area contributed by atoms with Gasteiger partial charge in [-0.15, -0.1) is 0 Å². The number of rotatable bonds is 4. The number of aromatic nitrogens is 2. The highest BCUT2D eigenvalue weighted by Gasteiger charge is 2.45. The first-order chi connectivity index (χ1) is 10.1. The van der Waals surface area contributed by atoms with Crippen LogP contribution in [0.2, 0.25) is 0 Å². The second kappa shape index (κ2) is 5.41. The third kappa shape index (κ3) is 2.49. The number of fused-ring (bicyclic) bond motifs is 1. The van der Waals surface area contributed by atoms with Gasteiger partial charge in [-0.3, -0.25) is 14.8 Å². The molecule has 3 heterocycles. The molecule has 2 atom stereocenters. The van der Waals surface area contributed by atoms with Crippen LogP contribution in [0.3, 0.4) is 0 Å². The van der Waals surface area contributed by atoms with Gasteiger partial charge in [-0.05, 0) is 6.92 Å². The van der Waals surface area contributed by atoms with E-state index in [9.17, 15) is 4.79 Å². The highest BCUT2D eigenvalue weighted by atomic mass is 32.2. The molecule has 0 bridgehead atoms. The first-order valence-corrected chi connectivity index (χ1v) is 7.27. The Morgan fingerprint density at radius 1 is 1.48 bits per heavy atom. The Kier molecular flexibility index (Phi) is 3.60. The quantitative estimate of drug-likeness (QED) is 0.746. The summed E-state index contributed by atoms with van der Waals surface area (Å²) >= 11 is 1.47. The topological polar surface area (TPSA) is 117 Å². The van der Waals surface area contributed by atoms with Gasteiger partial charge in [-0.25, -0.2) is 9.97 Å². The second-order valence-electron chi connectivity index (χ2n) is 4.64. The fourth-order valence-corrected chi connectivity index (χ4v) is 3.43. The Labute approximate surface area is 125 Å². The minimum atomic E-state index is -0.587. The molecular formula is C12H14N6O2S. The zero-order valence-corrected chi connectivity index (χ0v) is 12.1. The van der Waals surface area contributed by atoms with Crippen LogP contribution in [0.15, 0.2) is 22.5 Å². The highest BCUT2D eigenvalue weighted by Crippen LogP contribution is 2.37. The van der Waals surface area contributed by atoms with Gasteiger partial charge in [0.15, 0.2) is 5.71 Å². The van der Waals surface area contributed by atoms with E-state index in [1.54, 1.807) is 17.4 Å². The Balaban J connectivity index is 1.89. The van der Waals surface area contributed by atoms with Crippen molar-refractivity contribution in [2.24, 2.45) is 15.8 Å². The number of carbonyl (C=O) groups is 1. The summed E-state index contributed by atoms with van der Waals surface area (Å²) in [6.07, 6.45) is 3.40. The van der Waals surface area contributed by atoms with E-state index in [2.05, 4.69) is 20.1 Å². The molecule has 3 N–H and O–H groups in total. The summed E-state index contributed by atoms with van der Waals surface area (Å²) < 4.78 is 0. The first-order valence-electron chi connectivity index (χ1n) is 6.39. The predicted octanol–water partition coefficient (Wildman–Crippen LogP) is -0.878. The summed E-state index contributed by atoms with van der Waals surface area (Å²) in [5, 5.41) is 15.5. The number of aryl methyl sites for hydroxylation is 1. The molecule has 8 nitrogen and oxygen atoms in total. The van der Waals surface area contributed by atoms with Gasteiger partial charge in [0.05, 0.1) is 13.2 Å². The normalized spacial score (nSPS) is 23.8. The van der Waals surface area contributed by atoms with Crippen molar-refractivity contribution >= 4 is 28.4 Å². The van der Waals surface area contributed by atoms with Crippen LogP contribution in [0.1, 0.15) is 11.4 Å². The van der Waals surface area contributed by atoms with Crippen molar-refractivity contribution in [1.29, 1.82) is 0 Å². The van der Waals surface area contributed by atoms with Crippen LogP contribution >= 0.6 is 11.8 Å². The van der Waals surface area contributed by atoms with Crippen molar-refractivity contribution in [3.8, 4) is 0 Å². The second-order valence-corrected chi connectivity index (χ2v) is 5.75. The standard InChI is InChI=1S/C12H14N6O2S/c1-6-14-4-7(5-15-6)11-16-9-8(10(13)20)17-18(2-3-19)12(9)21-11/h4-5,9,12,19H,2-3H2,1H3,(H2,13,20). The van der Waals surface area contributed by atoms with Crippen LogP contribution in [-0.4, -0.2) is 61.3 Å². The van der Waals surface area contributed by atoms with Crippen molar-refractivity contribution in [3.05, 3.63) is 23.8 Å². The van der Waals surface area contributed by atoms with Crippen molar-refractivity contribution in [2.45, 2.75) is 18.3 Å². The van der Waals surface area contributed by atoms with E-state index in [-0.39, 0.29) is 17.7 Å². The molecule has 0 saturated heterocycles. The van der Waals surface area contributed by atoms with Crippen LogP contribution in [0.5, 0.6) is 0 Å². The maximum absolute atomic E-state index is 11.5. The molecule has 1 aromatic rings. The SMILES string of the molecule is Cc1ncc(C2=NC3C(C(N)=O)=NN(CCO)C3S2)cn1. The van der Waals surface area contributed by atoms with E-state index in [4.69, 9.17) is 10.8 Å². The van der Waals surface area contributed by atoms with E-state index in [0.29, 0.717) is 12.4 Å². The average Bonchev–Trinajstić information content (AvgIpc) is 3.00. The van der Waals surface area contributed by atoms with Crippen LogP contribution in [0.4, 0.5) is 0 Å². The lowest BCUT2D eigenvalue weighted by Gasteiger charge is -2.20. The highest BCUT2D eigenvalue weighted by molar-refractivity contribution is 8.15. The summed E-state index contributed by atoms with van der Waals surface area (Å²) in [5.41, 5.74) is 6.38. The zero-order chi connectivity index (χ0) is 15.0. The lowest BCUT2D eigenvalue weighted by atomic mass is 10.2.